The van der Waals surface area contributed by atoms with Crippen LogP contribution < -0.4 is 5.32 Å². The Morgan fingerprint density at radius 1 is 1.37 bits per heavy atom. The van der Waals surface area contributed by atoms with E-state index in [9.17, 15) is 9.59 Å². The van der Waals surface area contributed by atoms with Crippen LogP contribution in [0, 0.1) is 5.92 Å². The second-order valence-electron chi connectivity index (χ2n) is 4.30. The van der Waals surface area contributed by atoms with E-state index < -0.39 is 11.9 Å². The summed E-state index contributed by atoms with van der Waals surface area (Å²) in [5.74, 6) is -1.62. The van der Waals surface area contributed by atoms with E-state index in [0.29, 0.717) is 12.0 Å². The van der Waals surface area contributed by atoms with Gasteiger partial charge in [0, 0.05) is 22.0 Å². The van der Waals surface area contributed by atoms with Crippen molar-refractivity contribution in [2.75, 3.05) is 6.54 Å². The first-order valence-electron chi connectivity index (χ1n) is 6.10. The maximum absolute atomic E-state index is 12.1. The van der Waals surface area contributed by atoms with E-state index in [4.69, 9.17) is 5.11 Å². The molecule has 1 amide bonds. The summed E-state index contributed by atoms with van der Waals surface area (Å²) in [5, 5.41) is 14.4. The lowest BCUT2D eigenvalue weighted by atomic mass is 10.1. The van der Waals surface area contributed by atoms with Gasteiger partial charge in [0.2, 0.25) is 0 Å². The number of hydrogen-bond donors (Lipinski definition) is 2. The summed E-state index contributed by atoms with van der Waals surface area (Å²) >= 11 is 1.51. The molecule has 0 saturated carbocycles. The molecular weight excluding hydrogens is 262 g/mol. The number of benzene rings is 1. The first-order chi connectivity index (χ1) is 9.13. The molecule has 2 aromatic rings. The number of thiophene rings is 1. The standard InChI is InChI=1S/C14H15NO3S/c1-2-9(14(17)18)7-15-13(16)11-8-19-12-6-4-3-5-10(11)12/h3-6,8-9H,2,7H2,1H3,(H,15,16)(H,17,18). The highest BCUT2D eigenvalue weighted by atomic mass is 32.1. The van der Waals surface area contributed by atoms with Crippen molar-refractivity contribution in [2.24, 2.45) is 5.92 Å². The summed E-state index contributed by atoms with van der Waals surface area (Å²) in [6.45, 7) is 1.96. The van der Waals surface area contributed by atoms with Gasteiger partial charge >= 0.3 is 5.97 Å². The van der Waals surface area contributed by atoms with E-state index in [1.807, 2.05) is 29.6 Å². The van der Waals surface area contributed by atoms with Gasteiger partial charge in [-0.1, -0.05) is 25.1 Å². The average molecular weight is 277 g/mol. The van der Waals surface area contributed by atoms with Crippen molar-refractivity contribution >= 4 is 33.3 Å². The van der Waals surface area contributed by atoms with Crippen LogP contribution in [-0.4, -0.2) is 23.5 Å². The number of carbonyl (C=O) groups is 2. The maximum atomic E-state index is 12.1. The predicted molar refractivity (Wildman–Crippen MR) is 75.6 cm³/mol. The molecular formula is C14H15NO3S. The van der Waals surface area contributed by atoms with Gasteiger partial charge in [-0.15, -0.1) is 11.3 Å². The van der Waals surface area contributed by atoms with Crippen molar-refractivity contribution < 1.29 is 14.7 Å². The fourth-order valence-electron chi connectivity index (χ4n) is 1.87. The van der Waals surface area contributed by atoms with Crippen LogP contribution in [0.5, 0.6) is 0 Å². The van der Waals surface area contributed by atoms with Gasteiger partial charge in [-0.2, -0.15) is 0 Å². The van der Waals surface area contributed by atoms with Gasteiger partial charge in [-0.25, -0.2) is 0 Å². The van der Waals surface area contributed by atoms with Crippen LogP contribution in [0.2, 0.25) is 0 Å². The first kappa shape index (κ1) is 13.5. The molecule has 0 aliphatic heterocycles. The Hall–Kier alpha value is -1.88. The van der Waals surface area contributed by atoms with Crippen molar-refractivity contribution in [3.05, 3.63) is 35.2 Å². The minimum atomic E-state index is -0.877. The normalized spacial score (nSPS) is 12.3. The number of nitrogens with one attached hydrogen (secondary N) is 1. The molecule has 100 valence electrons. The summed E-state index contributed by atoms with van der Waals surface area (Å²) in [5.41, 5.74) is 0.612. The first-order valence-corrected chi connectivity index (χ1v) is 6.98. The van der Waals surface area contributed by atoms with Crippen molar-refractivity contribution in [1.82, 2.24) is 5.32 Å². The molecule has 0 fully saturated rings. The number of aliphatic carboxylic acids is 1. The summed E-state index contributed by atoms with van der Waals surface area (Å²) < 4.78 is 1.05. The van der Waals surface area contributed by atoms with Gasteiger partial charge in [0.05, 0.1) is 11.5 Å². The molecule has 1 aromatic carbocycles. The third-order valence-electron chi connectivity index (χ3n) is 3.08. The zero-order chi connectivity index (χ0) is 13.8. The minimum Gasteiger partial charge on any atom is -0.481 e. The maximum Gasteiger partial charge on any atom is 0.308 e. The Balaban J connectivity index is 2.10. The highest BCUT2D eigenvalue weighted by Gasteiger charge is 2.17. The molecule has 5 heteroatoms. The zero-order valence-electron chi connectivity index (χ0n) is 10.6. The fourth-order valence-corrected chi connectivity index (χ4v) is 2.81. The molecule has 0 aliphatic rings. The second kappa shape index (κ2) is 5.84. The highest BCUT2D eigenvalue weighted by Crippen LogP contribution is 2.25. The number of carboxylic acids is 1. The van der Waals surface area contributed by atoms with Gasteiger partial charge in [0.15, 0.2) is 0 Å². The molecule has 19 heavy (non-hydrogen) atoms. The lowest BCUT2D eigenvalue weighted by molar-refractivity contribution is -0.141. The molecule has 0 spiro atoms. The number of amides is 1. The number of hydrogen-bond acceptors (Lipinski definition) is 3. The molecule has 1 aromatic heterocycles. The molecule has 0 saturated heterocycles. The second-order valence-corrected chi connectivity index (χ2v) is 5.21. The smallest absolute Gasteiger partial charge is 0.308 e. The van der Waals surface area contributed by atoms with Gasteiger partial charge < -0.3 is 10.4 Å². The summed E-state index contributed by atoms with van der Waals surface area (Å²) in [4.78, 5) is 23.0. The third kappa shape index (κ3) is 2.93. The quantitative estimate of drug-likeness (QED) is 0.883. The van der Waals surface area contributed by atoms with E-state index in [2.05, 4.69) is 5.32 Å². The third-order valence-corrected chi connectivity index (χ3v) is 4.04. The Labute approximate surface area is 115 Å². The van der Waals surface area contributed by atoms with Crippen LogP contribution in [0.1, 0.15) is 23.7 Å². The topological polar surface area (TPSA) is 66.4 Å². The Kier molecular flexibility index (Phi) is 4.16. The van der Waals surface area contributed by atoms with Crippen LogP contribution in [-0.2, 0) is 4.79 Å². The Morgan fingerprint density at radius 2 is 2.11 bits per heavy atom. The molecule has 1 unspecified atom stereocenters. The number of carbonyl (C=O) groups excluding carboxylic acids is 1. The van der Waals surface area contributed by atoms with Gasteiger partial charge in [0.1, 0.15) is 0 Å². The van der Waals surface area contributed by atoms with E-state index in [1.54, 1.807) is 6.92 Å². The molecule has 1 atom stereocenters. The molecule has 0 radical (unpaired) electrons. The van der Waals surface area contributed by atoms with E-state index in [0.717, 1.165) is 10.1 Å². The Morgan fingerprint density at radius 3 is 2.79 bits per heavy atom. The SMILES string of the molecule is CCC(CNC(=O)c1csc2ccccc12)C(=O)O. The number of carboxylic acid groups (broad SMARTS) is 1. The summed E-state index contributed by atoms with van der Waals surface area (Å²) in [6, 6.07) is 7.67. The molecule has 0 aliphatic carbocycles. The van der Waals surface area contributed by atoms with E-state index in [1.165, 1.54) is 11.3 Å². The summed E-state index contributed by atoms with van der Waals surface area (Å²) in [6.07, 6.45) is 0.500. The van der Waals surface area contributed by atoms with Gasteiger partial charge in [-0.3, -0.25) is 9.59 Å². The lowest BCUT2D eigenvalue weighted by Gasteiger charge is -2.10. The van der Waals surface area contributed by atoms with Crippen molar-refractivity contribution in [2.45, 2.75) is 13.3 Å². The molecule has 2 rings (SSSR count). The van der Waals surface area contributed by atoms with Gasteiger partial charge in [-0.05, 0) is 12.5 Å². The molecule has 4 nitrogen and oxygen atoms in total. The van der Waals surface area contributed by atoms with E-state index >= 15 is 0 Å². The fraction of sp³-hybridized carbons (Fsp3) is 0.286. The van der Waals surface area contributed by atoms with Crippen LogP contribution >= 0.6 is 11.3 Å². The minimum absolute atomic E-state index is 0.162. The zero-order valence-corrected chi connectivity index (χ0v) is 11.4. The molecule has 2 N–H and O–H groups in total. The number of fused-ring (bicyclic) bond motifs is 1. The summed E-state index contributed by atoms with van der Waals surface area (Å²) in [7, 11) is 0. The van der Waals surface area contributed by atoms with Crippen molar-refractivity contribution in [1.29, 1.82) is 0 Å². The van der Waals surface area contributed by atoms with Crippen molar-refractivity contribution in [3.8, 4) is 0 Å². The lowest BCUT2D eigenvalue weighted by Crippen LogP contribution is -2.32. The monoisotopic (exact) mass is 277 g/mol. The van der Waals surface area contributed by atoms with Crippen molar-refractivity contribution in [3.63, 3.8) is 0 Å². The molecule has 1 heterocycles. The van der Waals surface area contributed by atoms with Crippen LogP contribution in [0.4, 0.5) is 0 Å². The van der Waals surface area contributed by atoms with Crippen LogP contribution in [0.3, 0.4) is 0 Å². The predicted octanol–water partition coefficient (Wildman–Crippen LogP) is 2.74. The largest absolute Gasteiger partial charge is 0.481 e. The highest BCUT2D eigenvalue weighted by molar-refractivity contribution is 7.17. The average Bonchev–Trinajstić information content (AvgIpc) is 2.82. The van der Waals surface area contributed by atoms with Crippen LogP contribution in [0.15, 0.2) is 29.6 Å². The van der Waals surface area contributed by atoms with Crippen LogP contribution in [0.25, 0.3) is 10.1 Å². The molecule has 0 bridgehead atoms. The van der Waals surface area contributed by atoms with E-state index in [-0.39, 0.29) is 12.5 Å². The van der Waals surface area contributed by atoms with Gasteiger partial charge in [0.25, 0.3) is 5.91 Å². The number of rotatable bonds is 5. The Bertz CT molecular complexity index is 606.